The van der Waals surface area contributed by atoms with E-state index in [0.717, 1.165) is 11.3 Å². The number of ether oxygens (including phenoxy) is 2. The minimum atomic E-state index is -0.616. The Morgan fingerprint density at radius 3 is 2.26 bits per heavy atom. The van der Waals surface area contributed by atoms with Crippen LogP contribution >= 0.6 is 0 Å². The van der Waals surface area contributed by atoms with Gasteiger partial charge < -0.3 is 20.3 Å². The van der Waals surface area contributed by atoms with Gasteiger partial charge in [-0.3, -0.25) is 0 Å². The fourth-order valence-electron chi connectivity index (χ4n) is 5.60. The third-order valence-electron chi connectivity index (χ3n) is 7.92. The van der Waals surface area contributed by atoms with Crippen molar-refractivity contribution in [2.75, 3.05) is 12.8 Å². The monoisotopic (exact) mass is 466 g/mol. The average molecular weight is 467 g/mol. The van der Waals surface area contributed by atoms with Crippen LogP contribution in [0.5, 0.6) is 5.88 Å². The lowest BCUT2D eigenvalue weighted by Crippen LogP contribution is -2.41. The number of aliphatic hydroxyl groups is 1. The minimum absolute atomic E-state index is 0.349. The number of rotatable bonds is 3. The van der Waals surface area contributed by atoms with Crippen molar-refractivity contribution in [3.63, 3.8) is 0 Å². The molecule has 3 fully saturated rings. The average Bonchev–Trinajstić information content (AvgIpc) is 3.08. The molecule has 3 saturated carbocycles. The molecule has 184 valence electrons. The van der Waals surface area contributed by atoms with Crippen LogP contribution in [0.25, 0.3) is 0 Å². The van der Waals surface area contributed by atoms with Crippen LogP contribution in [0.1, 0.15) is 83.8 Å². The molecule has 2 bridgehead atoms. The van der Waals surface area contributed by atoms with E-state index >= 15 is 0 Å². The highest BCUT2D eigenvalue weighted by Crippen LogP contribution is 2.55. The van der Waals surface area contributed by atoms with Crippen molar-refractivity contribution in [3.05, 3.63) is 41.7 Å². The zero-order valence-electron chi connectivity index (χ0n) is 21.1. The molecule has 7 nitrogen and oxygen atoms in total. The lowest BCUT2D eigenvalue weighted by atomic mass is 9.63. The standard InChI is InChI=1S/C24H30N4O.C3H8O2/c1-22(2)19(28-18-20(25)26-15-27-21(18)29-22)16-5-7-17(8-6-16)24-10-4-9-23(3,11-13-24)12-14-24;1-3(4)5-2/h5-8,15H,4,9-14H2,1-3H3,(H2,25,26,27);3-4H,1-2H3. The summed E-state index contributed by atoms with van der Waals surface area (Å²) in [5.74, 6) is 0.799. The van der Waals surface area contributed by atoms with E-state index in [4.69, 9.17) is 20.6 Å². The summed E-state index contributed by atoms with van der Waals surface area (Å²) in [7, 11) is 1.45. The first kappa shape index (κ1) is 24.6. The normalized spacial score (nSPS) is 27.9. The van der Waals surface area contributed by atoms with Crippen LogP contribution in [-0.2, 0) is 10.2 Å². The molecule has 1 aliphatic heterocycles. The van der Waals surface area contributed by atoms with Crippen LogP contribution in [0.15, 0.2) is 35.6 Å². The molecule has 34 heavy (non-hydrogen) atoms. The highest BCUT2D eigenvalue weighted by atomic mass is 16.6. The maximum atomic E-state index is 8.14. The zero-order valence-corrected chi connectivity index (χ0v) is 21.1. The van der Waals surface area contributed by atoms with Gasteiger partial charge >= 0.3 is 0 Å². The molecule has 2 aromatic rings. The summed E-state index contributed by atoms with van der Waals surface area (Å²) < 4.78 is 10.4. The summed E-state index contributed by atoms with van der Waals surface area (Å²) in [4.78, 5) is 13.1. The number of nitrogen functional groups attached to an aromatic ring is 1. The number of aliphatic hydroxyl groups excluding tert-OH is 1. The summed E-state index contributed by atoms with van der Waals surface area (Å²) in [6.45, 7) is 8.09. The first-order valence-electron chi connectivity index (χ1n) is 12.3. The van der Waals surface area contributed by atoms with Crippen molar-refractivity contribution in [1.29, 1.82) is 0 Å². The van der Waals surface area contributed by atoms with E-state index in [1.807, 2.05) is 13.8 Å². The first-order valence-corrected chi connectivity index (χ1v) is 12.3. The highest BCUT2D eigenvalue weighted by Gasteiger charge is 2.44. The Balaban J connectivity index is 0.000000499. The van der Waals surface area contributed by atoms with Crippen molar-refractivity contribution in [1.82, 2.24) is 9.97 Å². The van der Waals surface area contributed by atoms with Crippen LogP contribution in [0.2, 0.25) is 0 Å². The van der Waals surface area contributed by atoms with Gasteiger partial charge in [-0.2, -0.15) is 4.98 Å². The molecule has 1 aromatic carbocycles. The van der Waals surface area contributed by atoms with E-state index in [1.165, 1.54) is 63.9 Å². The molecular formula is C27H38N4O3. The molecule has 6 rings (SSSR count). The lowest BCUT2D eigenvalue weighted by molar-refractivity contribution is -0.0584. The van der Waals surface area contributed by atoms with Crippen LogP contribution in [-0.4, -0.2) is 39.8 Å². The van der Waals surface area contributed by atoms with Gasteiger partial charge in [-0.05, 0) is 75.7 Å². The lowest BCUT2D eigenvalue weighted by Gasteiger charge is -2.42. The third-order valence-corrected chi connectivity index (χ3v) is 7.92. The van der Waals surface area contributed by atoms with Gasteiger partial charge in [0.15, 0.2) is 17.8 Å². The number of hydrogen-bond acceptors (Lipinski definition) is 7. The zero-order chi connectivity index (χ0) is 24.6. The predicted octanol–water partition coefficient (Wildman–Crippen LogP) is 5.32. The van der Waals surface area contributed by atoms with Crippen molar-refractivity contribution in [2.45, 2.75) is 89.9 Å². The van der Waals surface area contributed by atoms with Crippen molar-refractivity contribution in [3.8, 4) is 5.88 Å². The van der Waals surface area contributed by atoms with Crippen molar-refractivity contribution in [2.24, 2.45) is 10.4 Å². The third kappa shape index (κ3) is 4.82. The first-order chi connectivity index (χ1) is 16.1. The summed E-state index contributed by atoms with van der Waals surface area (Å²) in [5.41, 5.74) is 10.3. The molecule has 0 saturated heterocycles. The number of nitrogens with two attached hydrogens (primary N) is 1. The number of fused-ring (bicyclic) bond motifs is 5. The number of nitrogens with zero attached hydrogens (tertiary/aromatic N) is 3. The van der Waals surface area contributed by atoms with E-state index < -0.39 is 11.9 Å². The Labute approximate surface area is 202 Å². The van der Waals surface area contributed by atoms with Gasteiger partial charge in [0.25, 0.3) is 0 Å². The molecule has 1 atom stereocenters. The summed E-state index contributed by atoms with van der Waals surface area (Å²) in [6, 6.07) is 9.06. The van der Waals surface area contributed by atoms with Crippen LogP contribution in [0.3, 0.4) is 0 Å². The summed E-state index contributed by atoms with van der Waals surface area (Å²) in [6.07, 6.45) is 10.2. The summed E-state index contributed by atoms with van der Waals surface area (Å²) >= 11 is 0. The molecule has 0 radical (unpaired) electrons. The second kappa shape index (κ2) is 9.27. The van der Waals surface area contributed by atoms with Gasteiger partial charge in [-0.25, -0.2) is 9.98 Å². The smallest absolute Gasteiger partial charge is 0.246 e. The number of aliphatic imine (C=N–C) groups is 1. The van der Waals surface area contributed by atoms with Gasteiger partial charge in [-0.1, -0.05) is 37.6 Å². The number of hydrogen-bond donors (Lipinski definition) is 2. The van der Waals surface area contributed by atoms with E-state index in [-0.39, 0.29) is 0 Å². The van der Waals surface area contributed by atoms with Crippen molar-refractivity contribution < 1.29 is 14.6 Å². The Hall–Kier alpha value is -2.51. The van der Waals surface area contributed by atoms with E-state index in [1.54, 1.807) is 6.92 Å². The second-order valence-corrected chi connectivity index (χ2v) is 10.8. The van der Waals surface area contributed by atoms with E-state index in [0.29, 0.717) is 28.2 Å². The molecule has 7 heteroatoms. The Kier molecular flexibility index (Phi) is 6.71. The molecule has 3 N–H and O–H groups in total. The molecule has 0 spiro atoms. The predicted molar refractivity (Wildman–Crippen MR) is 135 cm³/mol. The topological polar surface area (TPSA) is 103 Å². The van der Waals surface area contributed by atoms with E-state index in [2.05, 4.69) is 45.9 Å². The highest BCUT2D eigenvalue weighted by molar-refractivity contribution is 6.09. The van der Waals surface area contributed by atoms with Gasteiger partial charge in [-0.15, -0.1) is 0 Å². The Morgan fingerprint density at radius 2 is 1.65 bits per heavy atom. The molecule has 2 heterocycles. The SMILES string of the molecule is CC12CCCC(c3ccc(C4=Nc5c(N)ncnc5OC4(C)C)cc3)(CC1)CC2.COC(C)O. The molecule has 1 unspecified atom stereocenters. The minimum Gasteiger partial charge on any atom is -0.463 e. The van der Waals surface area contributed by atoms with E-state index in [9.17, 15) is 0 Å². The fourth-order valence-corrected chi connectivity index (χ4v) is 5.60. The maximum Gasteiger partial charge on any atom is 0.246 e. The largest absolute Gasteiger partial charge is 0.463 e. The number of benzene rings is 1. The second-order valence-electron chi connectivity index (χ2n) is 10.8. The molecule has 3 aliphatic carbocycles. The summed E-state index contributed by atoms with van der Waals surface area (Å²) in [5, 5.41) is 8.14. The Morgan fingerprint density at radius 1 is 1.00 bits per heavy atom. The number of anilines is 1. The van der Waals surface area contributed by atoms with Gasteiger partial charge in [0.1, 0.15) is 11.9 Å². The number of aromatic nitrogens is 2. The van der Waals surface area contributed by atoms with Gasteiger partial charge in [0.2, 0.25) is 5.88 Å². The van der Waals surface area contributed by atoms with Crippen LogP contribution < -0.4 is 10.5 Å². The van der Waals surface area contributed by atoms with Gasteiger partial charge in [0.05, 0.1) is 5.71 Å². The molecule has 0 amide bonds. The quantitative estimate of drug-likeness (QED) is 0.593. The van der Waals surface area contributed by atoms with Crippen LogP contribution in [0, 0.1) is 5.41 Å². The molecule has 1 aromatic heterocycles. The fraction of sp³-hybridized carbons (Fsp3) is 0.593. The number of methoxy groups -OCH3 is 1. The van der Waals surface area contributed by atoms with Crippen LogP contribution in [0.4, 0.5) is 11.5 Å². The molecular weight excluding hydrogens is 428 g/mol. The van der Waals surface area contributed by atoms with Gasteiger partial charge in [0, 0.05) is 12.7 Å². The molecule has 4 aliphatic rings. The maximum absolute atomic E-state index is 8.14. The Bertz CT molecular complexity index is 1040. The van der Waals surface area contributed by atoms with Crippen molar-refractivity contribution >= 4 is 17.2 Å².